The highest BCUT2D eigenvalue weighted by atomic mass is 16.5. The molecule has 0 saturated carbocycles. The van der Waals surface area contributed by atoms with Crippen molar-refractivity contribution in [2.45, 2.75) is 26.2 Å². The number of anilines is 1. The molecule has 0 aliphatic rings. The van der Waals surface area contributed by atoms with Gasteiger partial charge in [0.2, 0.25) is 0 Å². The third kappa shape index (κ3) is 5.50. The first kappa shape index (κ1) is 25.0. The van der Waals surface area contributed by atoms with Gasteiger partial charge in [0.25, 0.3) is 5.91 Å². The Hall–Kier alpha value is -4.70. The summed E-state index contributed by atoms with van der Waals surface area (Å²) in [6.45, 7) is 1.74. The van der Waals surface area contributed by atoms with Crippen LogP contribution >= 0.6 is 0 Å². The Bertz CT molecular complexity index is 1540. The second-order valence-corrected chi connectivity index (χ2v) is 8.90. The van der Waals surface area contributed by atoms with E-state index in [0.717, 1.165) is 27.5 Å². The summed E-state index contributed by atoms with van der Waals surface area (Å²) in [5.74, 6) is 0.816. The predicted octanol–water partition coefficient (Wildman–Crippen LogP) is 3.39. The summed E-state index contributed by atoms with van der Waals surface area (Å²) in [7, 11) is 3.17. The van der Waals surface area contributed by atoms with Gasteiger partial charge < -0.3 is 20.5 Å². The number of rotatable bonds is 10. The van der Waals surface area contributed by atoms with E-state index in [2.05, 4.69) is 44.8 Å². The number of nitrogens with zero attached hydrogens (tertiary/aromatic N) is 5. The molecule has 0 atom stereocenters. The third-order valence-corrected chi connectivity index (χ3v) is 6.27. The molecule has 3 heterocycles. The number of hydrogen-bond acceptors (Lipinski definition) is 7. The van der Waals surface area contributed by atoms with Gasteiger partial charge in [-0.3, -0.25) is 14.2 Å². The van der Waals surface area contributed by atoms with Crippen molar-refractivity contribution in [3.63, 3.8) is 0 Å². The van der Waals surface area contributed by atoms with E-state index >= 15 is 0 Å². The molecule has 0 bridgehead atoms. The molecule has 5 aromatic rings. The van der Waals surface area contributed by atoms with E-state index < -0.39 is 0 Å². The van der Waals surface area contributed by atoms with Crippen molar-refractivity contribution in [3.05, 3.63) is 101 Å². The number of nitrogen functional groups attached to an aromatic ring is 1. The van der Waals surface area contributed by atoms with Crippen molar-refractivity contribution in [1.29, 1.82) is 0 Å². The normalized spacial score (nSPS) is 11.1. The first-order valence-corrected chi connectivity index (χ1v) is 12.1. The van der Waals surface area contributed by atoms with Crippen LogP contribution in [0.3, 0.4) is 0 Å². The number of nitrogens with one attached hydrogen (secondary N) is 1. The maximum absolute atomic E-state index is 13.2. The first-order chi connectivity index (χ1) is 18.5. The van der Waals surface area contributed by atoms with Crippen LogP contribution in [0.15, 0.2) is 73.3 Å². The smallest absolute Gasteiger partial charge is 0.255 e. The van der Waals surface area contributed by atoms with Crippen molar-refractivity contribution < 1.29 is 14.3 Å². The monoisotopic (exact) mass is 511 g/mol. The molecule has 10 nitrogen and oxygen atoms in total. The zero-order valence-corrected chi connectivity index (χ0v) is 21.3. The van der Waals surface area contributed by atoms with Gasteiger partial charge in [-0.2, -0.15) is 10.2 Å². The quantitative estimate of drug-likeness (QED) is 0.295. The molecule has 0 spiro atoms. The van der Waals surface area contributed by atoms with Gasteiger partial charge in [-0.25, -0.2) is 4.98 Å². The van der Waals surface area contributed by atoms with Crippen LogP contribution in [-0.2, 0) is 31.0 Å². The van der Waals surface area contributed by atoms with Crippen LogP contribution in [0.4, 0.5) is 5.82 Å². The summed E-state index contributed by atoms with van der Waals surface area (Å²) < 4.78 is 14.5. The minimum absolute atomic E-state index is 0.226. The molecule has 0 aliphatic heterocycles. The number of carbonyl (C=O) groups is 1. The first-order valence-electron chi connectivity index (χ1n) is 12.1. The van der Waals surface area contributed by atoms with Crippen LogP contribution in [-0.4, -0.2) is 44.7 Å². The van der Waals surface area contributed by atoms with Crippen LogP contribution in [0.2, 0.25) is 0 Å². The van der Waals surface area contributed by atoms with Gasteiger partial charge in [0.05, 0.1) is 32.4 Å². The van der Waals surface area contributed by atoms with Crippen molar-refractivity contribution in [3.8, 4) is 5.75 Å². The molecular formula is C28H29N7O3. The summed E-state index contributed by atoms with van der Waals surface area (Å²) in [6, 6.07) is 15.8. The number of benzene rings is 2. The van der Waals surface area contributed by atoms with Crippen LogP contribution in [0.25, 0.3) is 10.8 Å². The highest BCUT2D eigenvalue weighted by Gasteiger charge is 2.18. The van der Waals surface area contributed by atoms with Crippen molar-refractivity contribution in [1.82, 2.24) is 29.9 Å². The molecule has 194 valence electrons. The number of carbonyl (C=O) groups excluding carboxylic acids is 1. The Morgan fingerprint density at radius 2 is 1.79 bits per heavy atom. The largest absolute Gasteiger partial charge is 0.496 e. The molecule has 0 fully saturated rings. The minimum Gasteiger partial charge on any atom is -0.496 e. The van der Waals surface area contributed by atoms with Crippen molar-refractivity contribution in [2.75, 3.05) is 20.0 Å². The standard InChI is InChI=1S/C28H29N7O3/c1-37-18-25-24(17-35(33-25)16-20-6-4-19(5-7-20)15-34-11-3-9-32-34)28(36)31-14-22-12-21-8-10-30-27(29)23(21)13-26(22)38-2/h3-13,17H,14-16,18H2,1-2H3,(H2,29,30)(H,31,36). The van der Waals surface area contributed by atoms with Gasteiger partial charge in [0.1, 0.15) is 17.3 Å². The minimum atomic E-state index is -0.241. The number of fused-ring (bicyclic) bond motifs is 1. The van der Waals surface area contributed by atoms with Gasteiger partial charge in [-0.1, -0.05) is 24.3 Å². The average Bonchev–Trinajstić information content (AvgIpc) is 3.58. The van der Waals surface area contributed by atoms with E-state index in [4.69, 9.17) is 15.2 Å². The van der Waals surface area contributed by atoms with Crippen LogP contribution in [0, 0.1) is 0 Å². The summed E-state index contributed by atoms with van der Waals surface area (Å²) in [5.41, 5.74) is 10.1. The molecule has 10 heteroatoms. The Labute approximate surface area is 220 Å². The topological polar surface area (TPSA) is 122 Å². The number of nitrogens with two attached hydrogens (primary N) is 1. The third-order valence-electron chi connectivity index (χ3n) is 6.27. The van der Waals surface area contributed by atoms with Crippen molar-refractivity contribution in [2.24, 2.45) is 0 Å². The SMILES string of the molecule is COCc1nn(Cc2ccc(Cn3cccn3)cc2)cc1C(=O)NCc1cc2ccnc(N)c2cc1OC. The van der Waals surface area contributed by atoms with E-state index in [0.29, 0.717) is 35.9 Å². The fourth-order valence-electron chi connectivity index (χ4n) is 4.36. The number of hydrogen-bond donors (Lipinski definition) is 2. The average molecular weight is 512 g/mol. The Balaban J connectivity index is 1.30. The lowest BCUT2D eigenvalue weighted by Crippen LogP contribution is -2.24. The predicted molar refractivity (Wildman–Crippen MR) is 144 cm³/mol. The van der Waals surface area contributed by atoms with Gasteiger partial charge in [-0.05, 0) is 40.8 Å². The molecule has 38 heavy (non-hydrogen) atoms. The van der Waals surface area contributed by atoms with Crippen LogP contribution < -0.4 is 15.8 Å². The van der Waals surface area contributed by atoms with Gasteiger partial charge >= 0.3 is 0 Å². The zero-order valence-electron chi connectivity index (χ0n) is 21.3. The molecule has 0 saturated heterocycles. The molecule has 3 aromatic heterocycles. The number of amides is 1. The highest BCUT2D eigenvalue weighted by molar-refractivity contribution is 5.95. The van der Waals surface area contributed by atoms with Crippen molar-refractivity contribution >= 4 is 22.5 Å². The maximum atomic E-state index is 13.2. The Morgan fingerprint density at radius 1 is 1.03 bits per heavy atom. The summed E-state index contributed by atoms with van der Waals surface area (Å²) >= 11 is 0. The molecule has 0 radical (unpaired) electrons. The Morgan fingerprint density at radius 3 is 2.47 bits per heavy atom. The maximum Gasteiger partial charge on any atom is 0.255 e. The lowest BCUT2D eigenvalue weighted by atomic mass is 10.1. The second kappa shape index (κ2) is 11.1. The second-order valence-electron chi connectivity index (χ2n) is 8.90. The molecule has 1 amide bonds. The Kier molecular flexibility index (Phi) is 7.32. The lowest BCUT2D eigenvalue weighted by Gasteiger charge is -2.12. The molecule has 0 aliphatic carbocycles. The van der Waals surface area contributed by atoms with E-state index in [1.807, 2.05) is 35.1 Å². The summed E-state index contributed by atoms with van der Waals surface area (Å²) in [4.78, 5) is 17.3. The van der Waals surface area contributed by atoms with E-state index in [9.17, 15) is 4.79 Å². The number of aromatic nitrogens is 5. The number of methoxy groups -OCH3 is 2. The molecular weight excluding hydrogens is 482 g/mol. The molecule has 3 N–H and O–H groups in total. The van der Waals surface area contributed by atoms with Crippen LogP contribution in [0.5, 0.6) is 5.75 Å². The fraction of sp³-hybridized carbons (Fsp3) is 0.214. The lowest BCUT2D eigenvalue weighted by molar-refractivity contribution is 0.0945. The van der Waals surface area contributed by atoms with Gasteiger partial charge in [0.15, 0.2) is 0 Å². The van der Waals surface area contributed by atoms with E-state index in [-0.39, 0.29) is 19.1 Å². The molecule has 2 aromatic carbocycles. The van der Waals surface area contributed by atoms with Gasteiger partial charge in [0, 0.05) is 49.4 Å². The molecule has 5 rings (SSSR count). The fourth-order valence-corrected chi connectivity index (χ4v) is 4.36. The zero-order chi connectivity index (χ0) is 26.5. The van der Waals surface area contributed by atoms with Gasteiger partial charge in [-0.15, -0.1) is 0 Å². The molecule has 0 unspecified atom stereocenters. The summed E-state index contributed by atoms with van der Waals surface area (Å²) in [6.07, 6.45) is 7.12. The summed E-state index contributed by atoms with van der Waals surface area (Å²) in [5, 5.41) is 13.6. The van der Waals surface area contributed by atoms with E-state index in [1.54, 1.807) is 37.5 Å². The van der Waals surface area contributed by atoms with E-state index in [1.165, 1.54) is 0 Å². The highest BCUT2D eigenvalue weighted by Crippen LogP contribution is 2.28. The number of pyridine rings is 1. The van der Waals surface area contributed by atoms with Crippen LogP contribution in [0.1, 0.15) is 32.7 Å². The number of ether oxygens (including phenoxy) is 2.